The third kappa shape index (κ3) is 6.37. The molecule has 0 bridgehead atoms. The van der Waals surface area contributed by atoms with E-state index < -0.39 is 0 Å². The highest BCUT2D eigenvalue weighted by Crippen LogP contribution is 2.44. The van der Waals surface area contributed by atoms with Crippen LogP contribution < -0.4 is 11.1 Å². The lowest BCUT2D eigenvalue weighted by Gasteiger charge is -2.27. The Bertz CT molecular complexity index is 2010. The average Bonchev–Trinajstić information content (AvgIpc) is 3.50. The molecule has 2 heteroatoms. The lowest BCUT2D eigenvalue weighted by Crippen LogP contribution is -2.24. The molecule has 1 unspecified atom stereocenters. The molecule has 2 nitrogen and oxygen atoms in total. The lowest BCUT2D eigenvalue weighted by molar-refractivity contribution is 0.678. The summed E-state index contributed by atoms with van der Waals surface area (Å²) in [5.41, 5.74) is 24.2. The Morgan fingerprint density at radius 3 is 2.64 bits per heavy atom. The molecule has 7 rings (SSSR count). The first-order chi connectivity index (χ1) is 23.1. The van der Waals surface area contributed by atoms with Gasteiger partial charge in [-0.1, -0.05) is 147 Å². The Balaban J connectivity index is 1.15. The molecule has 1 heterocycles. The zero-order chi connectivity index (χ0) is 32.2. The van der Waals surface area contributed by atoms with E-state index in [0.717, 1.165) is 30.5 Å². The maximum atomic E-state index is 6.77. The number of nitrogens with one attached hydrogen (secondary N) is 1. The van der Waals surface area contributed by atoms with Gasteiger partial charge in [0.25, 0.3) is 0 Å². The number of allylic oxidation sites excluding steroid dienone is 9. The number of rotatable bonds is 9. The molecule has 0 radical (unpaired) electrons. The normalized spacial score (nSPS) is 17.5. The predicted molar refractivity (Wildman–Crippen MR) is 200 cm³/mol. The zero-order valence-electron chi connectivity index (χ0n) is 27.2. The van der Waals surface area contributed by atoms with Crippen LogP contribution in [0.5, 0.6) is 0 Å². The maximum Gasteiger partial charge on any atom is 0.0698 e. The van der Waals surface area contributed by atoms with Gasteiger partial charge in [0, 0.05) is 17.8 Å². The van der Waals surface area contributed by atoms with Crippen LogP contribution >= 0.6 is 0 Å². The van der Waals surface area contributed by atoms with Crippen LogP contribution in [0.25, 0.3) is 34.0 Å². The van der Waals surface area contributed by atoms with Crippen molar-refractivity contribution in [2.75, 3.05) is 0 Å². The fourth-order valence-electron chi connectivity index (χ4n) is 7.00. The molecule has 0 saturated heterocycles. The van der Waals surface area contributed by atoms with Gasteiger partial charge in [0.1, 0.15) is 0 Å². The molecule has 232 valence electrons. The van der Waals surface area contributed by atoms with Crippen LogP contribution in [-0.4, -0.2) is 0 Å². The fraction of sp³-hybridized carbons (Fsp3) is 0.156. The van der Waals surface area contributed by atoms with Crippen LogP contribution in [0.2, 0.25) is 0 Å². The van der Waals surface area contributed by atoms with Gasteiger partial charge in [-0.2, -0.15) is 0 Å². The Hall–Kier alpha value is -5.34. The highest BCUT2D eigenvalue weighted by molar-refractivity contribution is 5.92. The number of dihydropyridines is 1. The summed E-state index contributed by atoms with van der Waals surface area (Å²) in [7, 11) is 0. The Morgan fingerprint density at radius 2 is 1.79 bits per heavy atom. The Labute approximate surface area is 279 Å². The number of nitrogens with two attached hydrogens (primary N) is 1. The van der Waals surface area contributed by atoms with Crippen LogP contribution in [-0.2, 0) is 12.8 Å². The van der Waals surface area contributed by atoms with Gasteiger partial charge in [0.2, 0.25) is 0 Å². The van der Waals surface area contributed by atoms with E-state index in [-0.39, 0.29) is 6.04 Å². The molecular formula is C45H42N2. The summed E-state index contributed by atoms with van der Waals surface area (Å²) in [6.07, 6.45) is 24.4. The molecule has 1 atom stereocenters. The minimum absolute atomic E-state index is 0.192. The number of aryl methyl sites for hydroxylation is 1. The van der Waals surface area contributed by atoms with Gasteiger partial charge in [0.05, 0.1) is 6.04 Å². The van der Waals surface area contributed by atoms with E-state index in [4.69, 9.17) is 5.73 Å². The van der Waals surface area contributed by atoms with Crippen LogP contribution in [0.3, 0.4) is 0 Å². The quantitative estimate of drug-likeness (QED) is 0.163. The summed E-state index contributed by atoms with van der Waals surface area (Å²) >= 11 is 0. The summed E-state index contributed by atoms with van der Waals surface area (Å²) in [5.74, 6) is 0. The van der Waals surface area contributed by atoms with E-state index in [0.29, 0.717) is 0 Å². The standard InChI is InChI=1S/C45H42N2/c1-3-5-11-32-20-21-36(28-35(32)12-6-4-2)40-16-10-15-39-29-37-22-23-38(30-41(37)45(39)40)42(46)25-18-31-17-19-34-24-26-43(47-44(34)27-31)33-13-8-7-9-14-33/h3,5,7-11,13-26,28,30,43,47H,1,4,6,12,27,29,46H2,2H3/b11-5-,31-18-,42-25-. The molecule has 3 aliphatic rings. The van der Waals surface area contributed by atoms with Crippen molar-refractivity contribution >= 4 is 11.8 Å². The van der Waals surface area contributed by atoms with Gasteiger partial charge in [-0.05, 0) is 98.2 Å². The molecule has 47 heavy (non-hydrogen) atoms. The van der Waals surface area contributed by atoms with Crippen molar-refractivity contribution in [1.82, 2.24) is 5.32 Å². The van der Waals surface area contributed by atoms with Crippen molar-refractivity contribution in [3.05, 3.63) is 190 Å². The van der Waals surface area contributed by atoms with Crippen LogP contribution in [0.4, 0.5) is 0 Å². The summed E-state index contributed by atoms with van der Waals surface area (Å²) in [6.45, 7) is 6.12. The minimum Gasteiger partial charge on any atom is -0.398 e. The van der Waals surface area contributed by atoms with Gasteiger partial charge in [-0.25, -0.2) is 0 Å². The molecule has 2 aliphatic carbocycles. The van der Waals surface area contributed by atoms with Crippen LogP contribution in [0, 0.1) is 0 Å². The van der Waals surface area contributed by atoms with Crippen molar-refractivity contribution in [2.24, 2.45) is 5.73 Å². The smallest absolute Gasteiger partial charge is 0.0698 e. The van der Waals surface area contributed by atoms with Crippen molar-refractivity contribution in [2.45, 2.75) is 45.1 Å². The second kappa shape index (κ2) is 13.6. The molecule has 4 aromatic carbocycles. The van der Waals surface area contributed by atoms with E-state index in [1.807, 2.05) is 12.2 Å². The molecule has 0 spiro atoms. The van der Waals surface area contributed by atoms with E-state index in [1.165, 1.54) is 79.8 Å². The number of benzene rings is 4. The van der Waals surface area contributed by atoms with Crippen LogP contribution in [0.15, 0.2) is 157 Å². The first-order valence-corrected chi connectivity index (χ1v) is 16.9. The largest absolute Gasteiger partial charge is 0.398 e. The molecule has 1 aliphatic heterocycles. The Morgan fingerprint density at radius 1 is 0.894 bits per heavy atom. The minimum atomic E-state index is 0.192. The molecule has 0 fully saturated rings. The maximum absolute atomic E-state index is 6.77. The summed E-state index contributed by atoms with van der Waals surface area (Å²) in [4.78, 5) is 0. The van der Waals surface area contributed by atoms with Crippen molar-refractivity contribution < 1.29 is 0 Å². The zero-order valence-corrected chi connectivity index (χ0v) is 27.2. The first kappa shape index (κ1) is 30.3. The molecule has 0 saturated carbocycles. The van der Waals surface area contributed by atoms with Gasteiger partial charge in [0.15, 0.2) is 0 Å². The first-order valence-electron chi connectivity index (χ1n) is 16.9. The number of hydrogen-bond donors (Lipinski definition) is 2. The third-order valence-electron chi connectivity index (χ3n) is 9.55. The van der Waals surface area contributed by atoms with Gasteiger partial charge < -0.3 is 11.1 Å². The highest BCUT2D eigenvalue weighted by atomic mass is 14.9. The van der Waals surface area contributed by atoms with E-state index in [9.17, 15) is 0 Å². The number of fused-ring (bicyclic) bond motifs is 3. The van der Waals surface area contributed by atoms with E-state index in [1.54, 1.807) is 0 Å². The van der Waals surface area contributed by atoms with Crippen LogP contribution in [0.1, 0.15) is 65.6 Å². The summed E-state index contributed by atoms with van der Waals surface area (Å²) in [6, 6.07) is 31.2. The molecular weight excluding hydrogens is 569 g/mol. The molecule has 3 N–H and O–H groups in total. The van der Waals surface area contributed by atoms with E-state index >= 15 is 0 Å². The SMILES string of the molecule is C=C/C=C\c1ccc(-c2cccc3c2-c2cc(/C(N)=C/C=C4/C=CC5=C(C4)NC(c4ccccc4)C=C5)ccc2C3)cc1CCCC. The second-order valence-corrected chi connectivity index (χ2v) is 12.7. The van der Waals surface area contributed by atoms with Crippen molar-refractivity contribution in [1.29, 1.82) is 0 Å². The van der Waals surface area contributed by atoms with E-state index in [2.05, 4.69) is 146 Å². The van der Waals surface area contributed by atoms with Gasteiger partial charge in [-0.3, -0.25) is 0 Å². The fourth-order valence-corrected chi connectivity index (χ4v) is 7.00. The third-order valence-corrected chi connectivity index (χ3v) is 9.55. The monoisotopic (exact) mass is 610 g/mol. The average molecular weight is 611 g/mol. The second-order valence-electron chi connectivity index (χ2n) is 12.7. The van der Waals surface area contributed by atoms with Gasteiger partial charge in [-0.15, -0.1) is 0 Å². The van der Waals surface area contributed by atoms with Crippen molar-refractivity contribution in [3.8, 4) is 22.3 Å². The molecule has 4 aromatic rings. The number of unbranched alkanes of at least 4 members (excludes halogenated alkanes) is 1. The topological polar surface area (TPSA) is 38.0 Å². The molecule has 0 amide bonds. The predicted octanol–water partition coefficient (Wildman–Crippen LogP) is 10.8. The summed E-state index contributed by atoms with van der Waals surface area (Å²) in [5, 5.41) is 3.74. The van der Waals surface area contributed by atoms with Gasteiger partial charge >= 0.3 is 0 Å². The summed E-state index contributed by atoms with van der Waals surface area (Å²) < 4.78 is 0. The Kier molecular flexibility index (Phi) is 8.75. The van der Waals surface area contributed by atoms with Crippen molar-refractivity contribution in [3.63, 3.8) is 0 Å². The molecule has 0 aromatic heterocycles. The highest BCUT2D eigenvalue weighted by Gasteiger charge is 2.23. The number of hydrogen-bond acceptors (Lipinski definition) is 2. The lowest BCUT2D eigenvalue weighted by atomic mass is 9.90.